The summed E-state index contributed by atoms with van der Waals surface area (Å²) in [6.45, 7) is 3.42. The summed E-state index contributed by atoms with van der Waals surface area (Å²) in [5.41, 5.74) is 2.30. The number of fused-ring (bicyclic) bond motifs is 2. The highest BCUT2D eigenvalue weighted by Crippen LogP contribution is 2.30. The van der Waals surface area contributed by atoms with Crippen molar-refractivity contribution in [2.24, 2.45) is 0 Å². The van der Waals surface area contributed by atoms with E-state index in [4.69, 9.17) is 0 Å². The van der Waals surface area contributed by atoms with E-state index in [1.165, 1.54) is 12.1 Å². The number of benzene rings is 2. The van der Waals surface area contributed by atoms with Crippen LogP contribution in [0, 0.1) is 5.82 Å². The molecule has 0 spiro atoms. The standard InChI is InChI=1S/C21H21FN6O/c22-14-5-6-15-18(11-14)26-27-19(15)13-7-9-28(12-13)10-8-23-21-24-17-4-2-1-3-16(17)20(29)25-21/h1-6,11,13H,7-10,12H2,(H,26,27)(H2,23,24,25,29). The molecule has 3 heterocycles. The maximum Gasteiger partial charge on any atom is 0.260 e. The zero-order valence-electron chi connectivity index (χ0n) is 15.8. The number of anilines is 1. The molecule has 0 saturated carbocycles. The van der Waals surface area contributed by atoms with E-state index in [-0.39, 0.29) is 11.4 Å². The average Bonchev–Trinajstić information content (AvgIpc) is 3.34. The van der Waals surface area contributed by atoms with Crippen LogP contribution in [-0.2, 0) is 0 Å². The number of nitrogens with zero attached hydrogens (tertiary/aromatic N) is 3. The van der Waals surface area contributed by atoms with Crippen LogP contribution in [-0.4, -0.2) is 51.2 Å². The van der Waals surface area contributed by atoms with E-state index in [0.717, 1.165) is 37.1 Å². The van der Waals surface area contributed by atoms with Gasteiger partial charge < -0.3 is 10.2 Å². The highest BCUT2D eigenvalue weighted by atomic mass is 19.1. The minimum absolute atomic E-state index is 0.137. The summed E-state index contributed by atoms with van der Waals surface area (Å²) in [7, 11) is 0. The van der Waals surface area contributed by atoms with Gasteiger partial charge >= 0.3 is 0 Å². The Morgan fingerprint density at radius 2 is 2.07 bits per heavy atom. The zero-order valence-corrected chi connectivity index (χ0v) is 15.8. The van der Waals surface area contributed by atoms with Crippen molar-refractivity contribution in [1.29, 1.82) is 0 Å². The van der Waals surface area contributed by atoms with Gasteiger partial charge in [-0.3, -0.25) is 14.9 Å². The molecule has 0 radical (unpaired) electrons. The number of halogens is 1. The largest absolute Gasteiger partial charge is 0.354 e. The summed E-state index contributed by atoms with van der Waals surface area (Å²) in [5.74, 6) is 0.574. The predicted molar refractivity (Wildman–Crippen MR) is 111 cm³/mol. The van der Waals surface area contributed by atoms with Gasteiger partial charge in [-0.25, -0.2) is 9.37 Å². The van der Waals surface area contributed by atoms with Gasteiger partial charge in [0.25, 0.3) is 5.56 Å². The Labute approximate surface area is 166 Å². The first-order valence-corrected chi connectivity index (χ1v) is 9.76. The molecule has 0 bridgehead atoms. The molecule has 8 heteroatoms. The number of aromatic amines is 2. The molecule has 1 unspecified atom stereocenters. The first-order chi connectivity index (χ1) is 14.2. The van der Waals surface area contributed by atoms with Crippen molar-refractivity contribution >= 4 is 27.8 Å². The van der Waals surface area contributed by atoms with E-state index in [2.05, 4.69) is 30.4 Å². The van der Waals surface area contributed by atoms with Crippen molar-refractivity contribution in [1.82, 2.24) is 25.1 Å². The Balaban J connectivity index is 1.21. The highest BCUT2D eigenvalue weighted by molar-refractivity contribution is 5.82. The van der Waals surface area contributed by atoms with E-state index < -0.39 is 0 Å². The molecule has 2 aromatic carbocycles. The van der Waals surface area contributed by atoms with Crippen LogP contribution in [0.2, 0.25) is 0 Å². The van der Waals surface area contributed by atoms with Crippen molar-refractivity contribution in [3.8, 4) is 0 Å². The summed E-state index contributed by atoms with van der Waals surface area (Å²) in [6, 6.07) is 12.0. The molecule has 1 atom stereocenters. The van der Waals surface area contributed by atoms with Crippen LogP contribution in [0.3, 0.4) is 0 Å². The van der Waals surface area contributed by atoms with Gasteiger partial charge in [-0.1, -0.05) is 12.1 Å². The molecule has 1 saturated heterocycles. The third-order valence-electron chi connectivity index (χ3n) is 5.56. The lowest BCUT2D eigenvalue weighted by molar-refractivity contribution is 0.347. The Morgan fingerprint density at radius 1 is 1.17 bits per heavy atom. The van der Waals surface area contributed by atoms with E-state index in [0.29, 0.717) is 34.8 Å². The van der Waals surface area contributed by atoms with Crippen LogP contribution in [0.25, 0.3) is 21.8 Å². The van der Waals surface area contributed by atoms with Crippen LogP contribution in [0.15, 0.2) is 47.3 Å². The minimum Gasteiger partial charge on any atom is -0.354 e. The maximum absolute atomic E-state index is 13.4. The fraction of sp³-hybridized carbons (Fsp3) is 0.286. The van der Waals surface area contributed by atoms with Crippen molar-refractivity contribution in [2.45, 2.75) is 12.3 Å². The molecule has 0 amide bonds. The van der Waals surface area contributed by atoms with Gasteiger partial charge in [0, 0.05) is 42.7 Å². The van der Waals surface area contributed by atoms with E-state index in [1.54, 1.807) is 12.1 Å². The third-order valence-corrected chi connectivity index (χ3v) is 5.56. The molecule has 0 aliphatic carbocycles. The van der Waals surface area contributed by atoms with Crippen LogP contribution < -0.4 is 10.9 Å². The molecule has 29 heavy (non-hydrogen) atoms. The van der Waals surface area contributed by atoms with Gasteiger partial charge in [0.05, 0.1) is 16.4 Å². The third kappa shape index (κ3) is 3.47. The summed E-state index contributed by atoms with van der Waals surface area (Å²) in [6.07, 6.45) is 1.03. The van der Waals surface area contributed by atoms with E-state index in [1.807, 2.05) is 18.2 Å². The fourth-order valence-electron chi connectivity index (χ4n) is 4.09. The highest BCUT2D eigenvalue weighted by Gasteiger charge is 2.26. The van der Waals surface area contributed by atoms with Crippen LogP contribution in [0.5, 0.6) is 0 Å². The van der Waals surface area contributed by atoms with Gasteiger partial charge in [-0.05, 0) is 37.2 Å². The molecular formula is C21H21FN6O. The molecule has 1 aliphatic rings. The molecular weight excluding hydrogens is 371 g/mol. The van der Waals surface area contributed by atoms with Crippen LogP contribution in [0.4, 0.5) is 10.3 Å². The monoisotopic (exact) mass is 392 g/mol. The molecule has 5 rings (SSSR count). The van der Waals surface area contributed by atoms with Gasteiger partial charge in [0.15, 0.2) is 0 Å². The Bertz CT molecular complexity index is 1230. The second-order valence-corrected chi connectivity index (χ2v) is 7.44. The van der Waals surface area contributed by atoms with Crippen LogP contribution >= 0.6 is 0 Å². The van der Waals surface area contributed by atoms with Gasteiger partial charge in [-0.15, -0.1) is 0 Å². The number of hydrogen-bond acceptors (Lipinski definition) is 5. The van der Waals surface area contributed by atoms with Gasteiger partial charge in [0.1, 0.15) is 5.82 Å². The molecule has 148 valence electrons. The number of hydrogen-bond donors (Lipinski definition) is 3. The summed E-state index contributed by atoms with van der Waals surface area (Å²) >= 11 is 0. The second kappa shape index (κ2) is 7.29. The summed E-state index contributed by atoms with van der Waals surface area (Å²) in [4.78, 5) is 21.8. The molecule has 4 aromatic rings. The molecule has 2 aromatic heterocycles. The smallest absolute Gasteiger partial charge is 0.260 e. The van der Waals surface area contributed by atoms with Gasteiger partial charge in [0.2, 0.25) is 5.95 Å². The summed E-state index contributed by atoms with van der Waals surface area (Å²) < 4.78 is 13.4. The Hall–Kier alpha value is -3.26. The fourth-order valence-corrected chi connectivity index (χ4v) is 4.09. The lowest BCUT2D eigenvalue weighted by Gasteiger charge is -2.16. The SMILES string of the molecule is O=c1[nH]c(NCCN2CCC(c3[nH]nc4cc(F)ccc34)C2)nc2ccccc12. The number of H-pyrrole nitrogens is 2. The number of aromatic nitrogens is 4. The lowest BCUT2D eigenvalue weighted by Crippen LogP contribution is -2.27. The Kier molecular flexibility index (Phi) is 4.48. The van der Waals surface area contributed by atoms with E-state index >= 15 is 0 Å². The van der Waals surface area contributed by atoms with Crippen molar-refractivity contribution in [3.63, 3.8) is 0 Å². The van der Waals surface area contributed by atoms with Crippen molar-refractivity contribution in [2.75, 3.05) is 31.5 Å². The molecule has 7 nitrogen and oxygen atoms in total. The second-order valence-electron chi connectivity index (χ2n) is 7.44. The predicted octanol–water partition coefficient (Wildman–Crippen LogP) is 2.84. The van der Waals surface area contributed by atoms with Crippen molar-refractivity contribution < 1.29 is 4.39 Å². The topological polar surface area (TPSA) is 89.7 Å². The number of nitrogens with one attached hydrogen (secondary N) is 3. The van der Waals surface area contributed by atoms with Crippen LogP contribution in [0.1, 0.15) is 18.0 Å². The first-order valence-electron chi connectivity index (χ1n) is 9.76. The average molecular weight is 392 g/mol. The molecule has 1 aliphatic heterocycles. The first kappa shape index (κ1) is 17.8. The van der Waals surface area contributed by atoms with Crippen molar-refractivity contribution in [3.05, 3.63) is 64.3 Å². The Morgan fingerprint density at radius 3 is 3.00 bits per heavy atom. The minimum atomic E-state index is -0.269. The zero-order chi connectivity index (χ0) is 19.8. The maximum atomic E-state index is 13.4. The number of rotatable bonds is 5. The number of para-hydroxylation sites is 1. The normalized spacial score (nSPS) is 17.3. The molecule has 1 fully saturated rings. The van der Waals surface area contributed by atoms with Gasteiger partial charge in [-0.2, -0.15) is 5.10 Å². The summed E-state index contributed by atoms with van der Waals surface area (Å²) in [5, 5.41) is 12.2. The molecule has 3 N–H and O–H groups in total. The lowest BCUT2D eigenvalue weighted by atomic mass is 10.0. The van der Waals surface area contributed by atoms with E-state index in [9.17, 15) is 9.18 Å². The number of likely N-dealkylation sites (tertiary alicyclic amines) is 1. The quantitative estimate of drug-likeness (QED) is 0.486.